The fraction of sp³-hybridized carbons (Fsp3) is 0.917. The van der Waals surface area contributed by atoms with E-state index < -0.39 is 0 Å². The molecule has 0 aromatic rings. The molecule has 0 radical (unpaired) electrons. The van der Waals surface area contributed by atoms with E-state index >= 15 is 0 Å². The summed E-state index contributed by atoms with van der Waals surface area (Å²) in [5.41, 5.74) is 0. The average molecular weight is 198 g/mol. The summed E-state index contributed by atoms with van der Waals surface area (Å²) < 4.78 is 5.68. The van der Waals surface area contributed by atoms with Gasteiger partial charge in [0, 0.05) is 19.4 Å². The number of hydrogen-bond acceptors (Lipinski definition) is 2. The summed E-state index contributed by atoms with van der Waals surface area (Å²) in [6.45, 7) is 5.29. The van der Waals surface area contributed by atoms with Gasteiger partial charge in [0.15, 0.2) is 0 Å². The number of unbranched alkanes of at least 4 members (excludes halogenated alkanes) is 1. The molecule has 1 aliphatic rings. The average Bonchev–Trinajstić information content (AvgIpc) is 2.15. The zero-order valence-corrected chi connectivity index (χ0v) is 9.42. The fourth-order valence-electron chi connectivity index (χ4n) is 1.74. The quantitative estimate of drug-likeness (QED) is 0.628. The van der Waals surface area contributed by atoms with Gasteiger partial charge in [-0.05, 0) is 12.3 Å². The van der Waals surface area contributed by atoms with Gasteiger partial charge in [0.2, 0.25) is 0 Å². The molecule has 1 unspecified atom stereocenters. The molecule has 0 aliphatic heterocycles. The van der Waals surface area contributed by atoms with E-state index in [9.17, 15) is 4.79 Å². The van der Waals surface area contributed by atoms with E-state index in [4.69, 9.17) is 4.74 Å². The van der Waals surface area contributed by atoms with Gasteiger partial charge in [-0.25, -0.2) is 0 Å². The SMILES string of the molecule is CCCCC(CC)COC1CC(=O)C1. The second kappa shape index (κ2) is 6.18. The molecule has 0 aromatic carbocycles. The summed E-state index contributed by atoms with van der Waals surface area (Å²) in [6, 6.07) is 0. The molecule has 2 nitrogen and oxygen atoms in total. The first-order valence-corrected chi connectivity index (χ1v) is 5.89. The molecule has 1 atom stereocenters. The van der Waals surface area contributed by atoms with Gasteiger partial charge >= 0.3 is 0 Å². The molecule has 2 heteroatoms. The number of ether oxygens (including phenoxy) is 1. The van der Waals surface area contributed by atoms with E-state index in [-0.39, 0.29) is 6.10 Å². The van der Waals surface area contributed by atoms with E-state index in [0.29, 0.717) is 24.5 Å². The minimum Gasteiger partial charge on any atom is -0.377 e. The van der Waals surface area contributed by atoms with Crippen LogP contribution in [0.4, 0.5) is 0 Å². The van der Waals surface area contributed by atoms with Gasteiger partial charge < -0.3 is 4.74 Å². The lowest BCUT2D eigenvalue weighted by Crippen LogP contribution is -2.32. The van der Waals surface area contributed by atoms with Crippen molar-refractivity contribution in [1.29, 1.82) is 0 Å². The highest BCUT2D eigenvalue weighted by Crippen LogP contribution is 2.21. The van der Waals surface area contributed by atoms with Gasteiger partial charge in [0.05, 0.1) is 6.10 Å². The topological polar surface area (TPSA) is 26.3 Å². The molecular formula is C12H22O2. The van der Waals surface area contributed by atoms with Crippen LogP contribution in [0.5, 0.6) is 0 Å². The Labute approximate surface area is 87.0 Å². The normalized spacial score (nSPS) is 19.4. The standard InChI is InChI=1S/C12H22O2/c1-3-5-6-10(4-2)9-14-12-7-11(13)8-12/h10,12H,3-9H2,1-2H3. The Balaban J connectivity index is 2.05. The summed E-state index contributed by atoms with van der Waals surface area (Å²) in [4.78, 5) is 10.7. The van der Waals surface area contributed by atoms with Gasteiger partial charge in [0.1, 0.15) is 5.78 Å². The van der Waals surface area contributed by atoms with Crippen LogP contribution in [-0.4, -0.2) is 18.5 Å². The maximum atomic E-state index is 10.7. The maximum Gasteiger partial charge on any atom is 0.138 e. The van der Waals surface area contributed by atoms with Crippen LogP contribution >= 0.6 is 0 Å². The lowest BCUT2D eigenvalue weighted by atomic mass is 9.94. The van der Waals surface area contributed by atoms with Crippen LogP contribution in [0.25, 0.3) is 0 Å². The zero-order chi connectivity index (χ0) is 10.4. The number of Topliss-reactive ketones (excluding diaryl/α,β-unsaturated/α-hetero) is 1. The van der Waals surface area contributed by atoms with Crippen molar-refractivity contribution in [2.45, 2.75) is 58.5 Å². The van der Waals surface area contributed by atoms with Gasteiger partial charge in [-0.1, -0.05) is 33.1 Å². The van der Waals surface area contributed by atoms with E-state index in [2.05, 4.69) is 13.8 Å². The molecule has 0 bridgehead atoms. The van der Waals surface area contributed by atoms with Crippen molar-refractivity contribution < 1.29 is 9.53 Å². The number of carbonyl (C=O) groups excluding carboxylic acids is 1. The van der Waals surface area contributed by atoms with Gasteiger partial charge in [0.25, 0.3) is 0 Å². The molecule has 14 heavy (non-hydrogen) atoms. The smallest absolute Gasteiger partial charge is 0.138 e. The van der Waals surface area contributed by atoms with Gasteiger partial charge in [-0.15, -0.1) is 0 Å². The minimum atomic E-state index is 0.248. The summed E-state index contributed by atoms with van der Waals surface area (Å²) >= 11 is 0. The Hall–Kier alpha value is -0.370. The Morgan fingerprint density at radius 3 is 2.64 bits per heavy atom. The first-order valence-electron chi connectivity index (χ1n) is 5.89. The van der Waals surface area contributed by atoms with Crippen molar-refractivity contribution >= 4 is 5.78 Å². The Morgan fingerprint density at radius 2 is 2.14 bits per heavy atom. The molecule has 1 saturated carbocycles. The highest BCUT2D eigenvalue weighted by atomic mass is 16.5. The summed E-state index contributed by atoms with van der Waals surface area (Å²) in [5.74, 6) is 1.06. The van der Waals surface area contributed by atoms with Crippen molar-refractivity contribution in [3.63, 3.8) is 0 Å². The van der Waals surface area contributed by atoms with Crippen LogP contribution in [0.1, 0.15) is 52.4 Å². The van der Waals surface area contributed by atoms with Crippen LogP contribution in [-0.2, 0) is 9.53 Å². The summed E-state index contributed by atoms with van der Waals surface area (Å²) in [6.07, 6.45) is 6.59. The Morgan fingerprint density at radius 1 is 1.43 bits per heavy atom. The lowest BCUT2D eigenvalue weighted by molar-refractivity contribution is -0.135. The molecule has 0 amide bonds. The monoisotopic (exact) mass is 198 g/mol. The predicted molar refractivity (Wildman–Crippen MR) is 57.3 cm³/mol. The van der Waals surface area contributed by atoms with Crippen molar-refractivity contribution in [2.24, 2.45) is 5.92 Å². The molecule has 0 aromatic heterocycles. The highest BCUT2D eigenvalue weighted by molar-refractivity contribution is 5.85. The number of hydrogen-bond donors (Lipinski definition) is 0. The van der Waals surface area contributed by atoms with Crippen LogP contribution in [0.2, 0.25) is 0 Å². The first-order chi connectivity index (χ1) is 6.76. The second-order valence-corrected chi connectivity index (χ2v) is 4.32. The fourth-order valence-corrected chi connectivity index (χ4v) is 1.74. The molecule has 0 N–H and O–H groups in total. The largest absolute Gasteiger partial charge is 0.377 e. The third-order valence-electron chi connectivity index (χ3n) is 3.02. The third-order valence-corrected chi connectivity index (χ3v) is 3.02. The number of ketones is 1. The summed E-state index contributed by atoms with van der Waals surface area (Å²) in [7, 11) is 0. The van der Waals surface area contributed by atoms with E-state index in [1.807, 2.05) is 0 Å². The van der Waals surface area contributed by atoms with Crippen LogP contribution in [0, 0.1) is 5.92 Å². The molecule has 1 aliphatic carbocycles. The molecule has 0 spiro atoms. The predicted octanol–water partition coefficient (Wildman–Crippen LogP) is 2.95. The minimum absolute atomic E-state index is 0.248. The Kier molecular flexibility index (Phi) is 5.16. The van der Waals surface area contributed by atoms with Crippen LogP contribution in [0.3, 0.4) is 0 Å². The molecule has 1 fully saturated rings. The van der Waals surface area contributed by atoms with Gasteiger partial charge in [-0.2, -0.15) is 0 Å². The summed E-state index contributed by atoms with van der Waals surface area (Å²) in [5, 5.41) is 0. The van der Waals surface area contributed by atoms with Crippen molar-refractivity contribution in [3.05, 3.63) is 0 Å². The van der Waals surface area contributed by atoms with Gasteiger partial charge in [-0.3, -0.25) is 4.79 Å². The zero-order valence-electron chi connectivity index (χ0n) is 9.42. The molecular weight excluding hydrogens is 176 g/mol. The highest BCUT2D eigenvalue weighted by Gasteiger charge is 2.27. The number of carbonyl (C=O) groups is 1. The maximum absolute atomic E-state index is 10.7. The molecule has 1 rings (SSSR count). The Bertz CT molecular complexity index is 169. The number of rotatable bonds is 7. The second-order valence-electron chi connectivity index (χ2n) is 4.32. The molecule has 82 valence electrons. The first kappa shape index (κ1) is 11.7. The molecule has 0 heterocycles. The van der Waals surface area contributed by atoms with Crippen molar-refractivity contribution in [1.82, 2.24) is 0 Å². The van der Waals surface area contributed by atoms with E-state index in [1.165, 1.54) is 25.7 Å². The van der Waals surface area contributed by atoms with Crippen LogP contribution < -0.4 is 0 Å². The van der Waals surface area contributed by atoms with Crippen molar-refractivity contribution in [3.8, 4) is 0 Å². The lowest BCUT2D eigenvalue weighted by Gasteiger charge is -2.26. The molecule has 0 saturated heterocycles. The van der Waals surface area contributed by atoms with Crippen molar-refractivity contribution in [2.75, 3.05) is 6.61 Å². The van der Waals surface area contributed by atoms with Crippen LogP contribution in [0.15, 0.2) is 0 Å². The van der Waals surface area contributed by atoms with E-state index in [0.717, 1.165) is 6.61 Å². The van der Waals surface area contributed by atoms with E-state index in [1.54, 1.807) is 0 Å². The third kappa shape index (κ3) is 3.79.